The van der Waals surface area contributed by atoms with Crippen LogP contribution in [0.3, 0.4) is 0 Å². The molecular formula is C14H20N2O2. The van der Waals surface area contributed by atoms with Gasteiger partial charge in [-0.25, -0.2) is 0 Å². The first-order chi connectivity index (χ1) is 8.69. The van der Waals surface area contributed by atoms with E-state index in [4.69, 9.17) is 4.74 Å². The van der Waals surface area contributed by atoms with E-state index >= 15 is 0 Å². The standard InChI is InChI=1S/C14H20N2O2/c1-10(11-4-3-5-13(8-11)18-2)15-9-12-6-7-14(17)16-12/h3-5,8,10,12,15H,6-7,9H2,1-2H3,(H,16,17)/t10-,12?/m1/s1. The lowest BCUT2D eigenvalue weighted by atomic mass is 10.1. The summed E-state index contributed by atoms with van der Waals surface area (Å²) in [6.45, 7) is 2.93. The second-order valence-corrected chi connectivity index (χ2v) is 4.71. The summed E-state index contributed by atoms with van der Waals surface area (Å²) in [5.41, 5.74) is 1.19. The zero-order chi connectivity index (χ0) is 13.0. The summed E-state index contributed by atoms with van der Waals surface area (Å²) in [7, 11) is 1.67. The van der Waals surface area contributed by atoms with Crippen LogP contribution in [0.4, 0.5) is 0 Å². The molecule has 98 valence electrons. The monoisotopic (exact) mass is 248 g/mol. The van der Waals surface area contributed by atoms with Crippen molar-refractivity contribution in [3.05, 3.63) is 29.8 Å². The summed E-state index contributed by atoms with van der Waals surface area (Å²) in [4.78, 5) is 11.1. The van der Waals surface area contributed by atoms with Crippen LogP contribution >= 0.6 is 0 Å². The van der Waals surface area contributed by atoms with Gasteiger partial charge in [0, 0.05) is 25.0 Å². The normalized spacial score (nSPS) is 20.6. The molecule has 0 aromatic heterocycles. The summed E-state index contributed by atoms with van der Waals surface area (Å²) in [5, 5.41) is 6.40. The van der Waals surface area contributed by atoms with Gasteiger partial charge in [0.1, 0.15) is 5.75 Å². The quantitative estimate of drug-likeness (QED) is 0.832. The highest BCUT2D eigenvalue weighted by Gasteiger charge is 2.20. The number of ether oxygens (including phenoxy) is 1. The fourth-order valence-electron chi connectivity index (χ4n) is 2.18. The van der Waals surface area contributed by atoms with Crippen molar-refractivity contribution in [2.45, 2.75) is 31.8 Å². The first kappa shape index (κ1) is 12.9. The van der Waals surface area contributed by atoms with Crippen molar-refractivity contribution in [1.82, 2.24) is 10.6 Å². The predicted molar refractivity (Wildman–Crippen MR) is 70.6 cm³/mol. The minimum Gasteiger partial charge on any atom is -0.497 e. The molecule has 1 aromatic rings. The Morgan fingerprint density at radius 2 is 2.39 bits per heavy atom. The highest BCUT2D eigenvalue weighted by molar-refractivity contribution is 5.78. The Hall–Kier alpha value is -1.55. The van der Waals surface area contributed by atoms with Crippen LogP contribution in [-0.2, 0) is 4.79 Å². The van der Waals surface area contributed by atoms with E-state index in [0.29, 0.717) is 6.42 Å². The van der Waals surface area contributed by atoms with Crippen LogP contribution in [0.5, 0.6) is 5.75 Å². The van der Waals surface area contributed by atoms with E-state index in [1.54, 1.807) is 7.11 Å². The fraction of sp³-hybridized carbons (Fsp3) is 0.500. The largest absolute Gasteiger partial charge is 0.497 e. The second kappa shape index (κ2) is 5.87. The molecule has 0 aliphatic carbocycles. The maximum Gasteiger partial charge on any atom is 0.220 e. The van der Waals surface area contributed by atoms with Crippen LogP contribution in [0.15, 0.2) is 24.3 Å². The van der Waals surface area contributed by atoms with Gasteiger partial charge in [-0.05, 0) is 31.0 Å². The van der Waals surface area contributed by atoms with Crippen LogP contribution in [0.25, 0.3) is 0 Å². The third-order valence-electron chi connectivity index (χ3n) is 3.35. The molecule has 18 heavy (non-hydrogen) atoms. The van der Waals surface area contributed by atoms with E-state index < -0.39 is 0 Å². The summed E-state index contributed by atoms with van der Waals surface area (Å²) >= 11 is 0. The smallest absolute Gasteiger partial charge is 0.220 e. The minimum atomic E-state index is 0.163. The van der Waals surface area contributed by atoms with E-state index in [1.807, 2.05) is 18.2 Å². The summed E-state index contributed by atoms with van der Waals surface area (Å²) < 4.78 is 5.21. The SMILES string of the molecule is COc1cccc([C@@H](C)NCC2CCC(=O)N2)c1. The molecule has 1 aliphatic heterocycles. The first-order valence-electron chi connectivity index (χ1n) is 6.35. The van der Waals surface area contributed by atoms with Gasteiger partial charge in [-0.15, -0.1) is 0 Å². The van der Waals surface area contributed by atoms with Gasteiger partial charge in [-0.1, -0.05) is 12.1 Å². The van der Waals surface area contributed by atoms with E-state index in [0.717, 1.165) is 18.7 Å². The van der Waals surface area contributed by atoms with Crippen molar-refractivity contribution in [1.29, 1.82) is 0 Å². The molecule has 4 heteroatoms. The van der Waals surface area contributed by atoms with Gasteiger partial charge in [0.15, 0.2) is 0 Å². The van der Waals surface area contributed by atoms with Crippen molar-refractivity contribution >= 4 is 5.91 Å². The number of carbonyl (C=O) groups excluding carboxylic acids is 1. The van der Waals surface area contributed by atoms with E-state index in [2.05, 4.69) is 23.6 Å². The Morgan fingerprint density at radius 1 is 1.56 bits per heavy atom. The third kappa shape index (κ3) is 3.23. The number of hydrogen-bond acceptors (Lipinski definition) is 3. The molecule has 0 spiro atoms. The zero-order valence-corrected chi connectivity index (χ0v) is 10.9. The van der Waals surface area contributed by atoms with Gasteiger partial charge in [0.2, 0.25) is 5.91 Å². The lowest BCUT2D eigenvalue weighted by molar-refractivity contribution is -0.119. The Morgan fingerprint density at radius 3 is 3.06 bits per heavy atom. The number of nitrogens with one attached hydrogen (secondary N) is 2. The first-order valence-corrected chi connectivity index (χ1v) is 6.35. The van der Waals surface area contributed by atoms with Gasteiger partial charge in [-0.2, -0.15) is 0 Å². The molecule has 1 heterocycles. The number of benzene rings is 1. The molecule has 1 unspecified atom stereocenters. The molecule has 1 fully saturated rings. The predicted octanol–water partition coefficient (Wildman–Crippen LogP) is 1.62. The van der Waals surface area contributed by atoms with Crippen LogP contribution < -0.4 is 15.4 Å². The van der Waals surface area contributed by atoms with Gasteiger partial charge in [0.25, 0.3) is 0 Å². The maximum absolute atomic E-state index is 11.1. The van der Waals surface area contributed by atoms with Gasteiger partial charge >= 0.3 is 0 Å². The fourth-order valence-corrected chi connectivity index (χ4v) is 2.18. The van der Waals surface area contributed by atoms with Gasteiger partial charge < -0.3 is 15.4 Å². The van der Waals surface area contributed by atoms with Gasteiger partial charge in [-0.3, -0.25) is 4.79 Å². The minimum absolute atomic E-state index is 0.163. The highest BCUT2D eigenvalue weighted by atomic mass is 16.5. The number of carbonyl (C=O) groups is 1. The van der Waals surface area contributed by atoms with Crippen LogP contribution in [0.2, 0.25) is 0 Å². The molecule has 4 nitrogen and oxygen atoms in total. The molecule has 1 saturated heterocycles. The van der Waals surface area contributed by atoms with Crippen LogP contribution in [0, 0.1) is 0 Å². The molecule has 0 bridgehead atoms. The third-order valence-corrected chi connectivity index (χ3v) is 3.35. The molecular weight excluding hydrogens is 228 g/mol. The Labute approximate surface area is 108 Å². The van der Waals surface area contributed by atoms with Crippen LogP contribution in [0.1, 0.15) is 31.4 Å². The highest BCUT2D eigenvalue weighted by Crippen LogP contribution is 2.19. The number of rotatable bonds is 5. The van der Waals surface area contributed by atoms with E-state index in [-0.39, 0.29) is 18.0 Å². The lowest BCUT2D eigenvalue weighted by Crippen LogP contribution is -2.36. The van der Waals surface area contributed by atoms with Crippen molar-refractivity contribution in [3.63, 3.8) is 0 Å². The van der Waals surface area contributed by atoms with E-state index in [9.17, 15) is 4.79 Å². The topological polar surface area (TPSA) is 50.4 Å². The number of methoxy groups -OCH3 is 1. The van der Waals surface area contributed by atoms with Crippen molar-refractivity contribution in [2.75, 3.05) is 13.7 Å². The summed E-state index contributed by atoms with van der Waals surface area (Å²) in [5.74, 6) is 1.03. The Balaban J connectivity index is 1.86. The Kier molecular flexibility index (Phi) is 4.20. The number of amides is 1. The average Bonchev–Trinajstić information content (AvgIpc) is 2.82. The maximum atomic E-state index is 11.1. The van der Waals surface area contributed by atoms with E-state index in [1.165, 1.54) is 5.56 Å². The molecule has 2 rings (SSSR count). The molecule has 1 aromatic carbocycles. The van der Waals surface area contributed by atoms with Crippen molar-refractivity contribution in [2.24, 2.45) is 0 Å². The second-order valence-electron chi connectivity index (χ2n) is 4.71. The van der Waals surface area contributed by atoms with Crippen LogP contribution in [-0.4, -0.2) is 25.6 Å². The molecule has 1 aliphatic rings. The summed E-state index contributed by atoms with van der Waals surface area (Å²) in [6.07, 6.45) is 1.58. The molecule has 2 atom stereocenters. The molecule has 0 radical (unpaired) electrons. The molecule has 0 saturated carbocycles. The molecule has 2 N–H and O–H groups in total. The lowest BCUT2D eigenvalue weighted by Gasteiger charge is -2.18. The number of hydrogen-bond donors (Lipinski definition) is 2. The molecule has 1 amide bonds. The Bertz CT molecular complexity index is 420. The van der Waals surface area contributed by atoms with Gasteiger partial charge in [0.05, 0.1) is 7.11 Å². The average molecular weight is 248 g/mol. The zero-order valence-electron chi connectivity index (χ0n) is 10.9. The van der Waals surface area contributed by atoms with Crippen molar-refractivity contribution in [3.8, 4) is 5.75 Å². The van der Waals surface area contributed by atoms with Crippen molar-refractivity contribution < 1.29 is 9.53 Å². The summed E-state index contributed by atoms with van der Waals surface area (Å²) in [6, 6.07) is 8.55.